The third-order valence-electron chi connectivity index (χ3n) is 3.21. The summed E-state index contributed by atoms with van der Waals surface area (Å²) in [6.45, 7) is 11.1. The lowest BCUT2D eigenvalue weighted by molar-refractivity contribution is 0.0263. The number of rotatable bonds is 4. The number of hydrogen-bond acceptors (Lipinski definition) is 5. The quantitative estimate of drug-likeness (QED) is 0.855. The van der Waals surface area contributed by atoms with Gasteiger partial charge in [0.1, 0.15) is 5.60 Å². The van der Waals surface area contributed by atoms with Crippen LogP contribution in [0.1, 0.15) is 33.3 Å². The van der Waals surface area contributed by atoms with E-state index in [1.807, 2.05) is 39.8 Å². The van der Waals surface area contributed by atoms with Gasteiger partial charge in [0.05, 0.1) is 13.3 Å². The van der Waals surface area contributed by atoms with Crippen LogP contribution in [0.25, 0.3) is 0 Å². The van der Waals surface area contributed by atoms with E-state index in [9.17, 15) is 4.79 Å². The van der Waals surface area contributed by atoms with Crippen molar-refractivity contribution in [2.45, 2.75) is 39.8 Å². The van der Waals surface area contributed by atoms with Crippen LogP contribution in [0.5, 0.6) is 5.88 Å². The summed E-state index contributed by atoms with van der Waals surface area (Å²) in [5.41, 5.74) is 0.673. The van der Waals surface area contributed by atoms with E-state index in [0.717, 1.165) is 18.7 Å². The highest BCUT2D eigenvalue weighted by Crippen LogP contribution is 2.16. The minimum absolute atomic E-state index is 0.250. The van der Waals surface area contributed by atoms with E-state index in [1.165, 1.54) is 0 Å². The number of amides is 1. The molecule has 1 aliphatic heterocycles. The van der Waals surface area contributed by atoms with Crippen LogP contribution >= 0.6 is 0 Å². The van der Waals surface area contributed by atoms with E-state index in [4.69, 9.17) is 9.47 Å². The number of aromatic nitrogens is 1. The van der Waals surface area contributed by atoms with Gasteiger partial charge in [0.2, 0.25) is 5.88 Å². The minimum Gasteiger partial charge on any atom is -0.478 e. The second-order valence-electron chi connectivity index (χ2n) is 6.37. The Balaban J connectivity index is 1.88. The molecule has 0 spiro atoms. The molecule has 0 aliphatic carbocycles. The standard InChI is InChI=1S/C16H25N3O3/c1-5-21-14-10-13(6-7-17-14)11-18-8-9-19(12-18)15(20)22-16(2,3)4/h6-7,10H,5,8-9,11-12H2,1-4H3. The fourth-order valence-electron chi connectivity index (χ4n) is 2.28. The van der Waals surface area contributed by atoms with E-state index in [2.05, 4.69) is 9.88 Å². The molecular weight excluding hydrogens is 282 g/mol. The van der Waals surface area contributed by atoms with Gasteiger partial charge in [-0.3, -0.25) is 9.80 Å². The van der Waals surface area contributed by atoms with Crippen molar-refractivity contribution in [2.75, 3.05) is 26.4 Å². The largest absolute Gasteiger partial charge is 0.478 e. The highest BCUT2D eigenvalue weighted by molar-refractivity contribution is 5.68. The molecule has 2 rings (SSSR count). The molecule has 1 aromatic rings. The number of pyridine rings is 1. The molecule has 1 aromatic heterocycles. The Kier molecular flexibility index (Phi) is 5.24. The molecule has 122 valence electrons. The Morgan fingerprint density at radius 1 is 1.36 bits per heavy atom. The van der Waals surface area contributed by atoms with Crippen LogP contribution in [0, 0.1) is 0 Å². The molecule has 0 bridgehead atoms. The Labute approximate surface area is 132 Å². The maximum atomic E-state index is 12.0. The van der Waals surface area contributed by atoms with Crippen LogP contribution in [0.4, 0.5) is 4.79 Å². The molecule has 22 heavy (non-hydrogen) atoms. The summed E-state index contributed by atoms with van der Waals surface area (Å²) in [5, 5.41) is 0. The molecular formula is C16H25N3O3. The molecule has 0 atom stereocenters. The van der Waals surface area contributed by atoms with Crippen molar-refractivity contribution in [2.24, 2.45) is 0 Å². The average Bonchev–Trinajstić information content (AvgIpc) is 2.86. The Morgan fingerprint density at radius 2 is 2.14 bits per heavy atom. The first-order chi connectivity index (χ1) is 10.4. The van der Waals surface area contributed by atoms with E-state index in [1.54, 1.807) is 11.1 Å². The molecule has 6 nitrogen and oxygen atoms in total. The zero-order chi connectivity index (χ0) is 16.2. The summed E-state index contributed by atoms with van der Waals surface area (Å²) in [5.74, 6) is 0.642. The van der Waals surface area contributed by atoms with Gasteiger partial charge in [0.25, 0.3) is 0 Å². The Morgan fingerprint density at radius 3 is 2.82 bits per heavy atom. The summed E-state index contributed by atoms with van der Waals surface area (Å²) in [4.78, 5) is 20.1. The summed E-state index contributed by atoms with van der Waals surface area (Å²) in [6.07, 6.45) is 1.50. The van der Waals surface area contributed by atoms with Crippen LogP contribution in [-0.4, -0.2) is 52.8 Å². The van der Waals surface area contributed by atoms with Crippen LogP contribution in [0.2, 0.25) is 0 Å². The Bertz CT molecular complexity index is 514. The van der Waals surface area contributed by atoms with Gasteiger partial charge in [0.15, 0.2) is 0 Å². The average molecular weight is 307 g/mol. The highest BCUT2D eigenvalue weighted by atomic mass is 16.6. The van der Waals surface area contributed by atoms with Gasteiger partial charge in [-0.05, 0) is 39.3 Å². The van der Waals surface area contributed by atoms with Gasteiger partial charge in [-0.15, -0.1) is 0 Å². The van der Waals surface area contributed by atoms with Crippen molar-refractivity contribution in [3.05, 3.63) is 23.9 Å². The first-order valence-corrected chi connectivity index (χ1v) is 7.65. The molecule has 1 aliphatic rings. The third-order valence-corrected chi connectivity index (χ3v) is 3.21. The third kappa shape index (κ3) is 4.87. The SMILES string of the molecule is CCOc1cc(CN2CCN(C(=O)OC(C)(C)C)C2)ccn1. The maximum absolute atomic E-state index is 12.0. The fraction of sp³-hybridized carbons (Fsp3) is 0.625. The van der Waals surface area contributed by atoms with Crippen LogP contribution in [0.3, 0.4) is 0 Å². The molecule has 0 radical (unpaired) electrons. The van der Waals surface area contributed by atoms with Gasteiger partial charge >= 0.3 is 6.09 Å². The molecule has 6 heteroatoms. The van der Waals surface area contributed by atoms with Crippen molar-refractivity contribution < 1.29 is 14.3 Å². The van der Waals surface area contributed by atoms with Gasteiger partial charge in [0, 0.05) is 31.9 Å². The molecule has 0 aromatic carbocycles. The molecule has 2 heterocycles. The lowest BCUT2D eigenvalue weighted by Gasteiger charge is -2.24. The molecule has 1 saturated heterocycles. The summed E-state index contributed by atoms with van der Waals surface area (Å²) in [7, 11) is 0. The maximum Gasteiger partial charge on any atom is 0.411 e. The Hall–Kier alpha value is -1.82. The summed E-state index contributed by atoms with van der Waals surface area (Å²) in [6, 6.07) is 3.91. The zero-order valence-corrected chi connectivity index (χ0v) is 13.8. The number of nitrogens with zero attached hydrogens (tertiary/aromatic N) is 3. The monoisotopic (exact) mass is 307 g/mol. The normalized spacial score (nSPS) is 15.9. The van der Waals surface area contributed by atoms with Crippen LogP contribution < -0.4 is 4.74 Å². The number of ether oxygens (including phenoxy) is 2. The van der Waals surface area contributed by atoms with Crippen molar-refractivity contribution in [3.8, 4) is 5.88 Å². The second kappa shape index (κ2) is 6.96. The van der Waals surface area contributed by atoms with E-state index >= 15 is 0 Å². The summed E-state index contributed by atoms with van der Waals surface area (Å²) >= 11 is 0. The lowest BCUT2D eigenvalue weighted by atomic mass is 10.2. The molecule has 1 fully saturated rings. The predicted molar refractivity (Wildman–Crippen MR) is 83.6 cm³/mol. The zero-order valence-electron chi connectivity index (χ0n) is 13.8. The van der Waals surface area contributed by atoms with E-state index < -0.39 is 5.60 Å². The molecule has 0 saturated carbocycles. The molecule has 0 unspecified atom stereocenters. The second-order valence-corrected chi connectivity index (χ2v) is 6.37. The van der Waals surface area contributed by atoms with Gasteiger partial charge < -0.3 is 9.47 Å². The number of hydrogen-bond donors (Lipinski definition) is 0. The lowest BCUT2D eigenvalue weighted by Crippen LogP contribution is -2.36. The van der Waals surface area contributed by atoms with E-state index in [0.29, 0.717) is 25.7 Å². The van der Waals surface area contributed by atoms with Gasteiger partial charge in [-0.25, -0.2) is 9.78 Å². The van der Waals surface area contributed by atoms with E-state index in [-0.39, 0.29) is 6.09 Å². The van der Waals surface area contributed by atoms with Gasteiger partial charge in [-0.2, -0.15) is 0 Å². The van der Waals surface area contributed by atoms with Crippen LogP contribution in [0.15, 0.2) is 18.3 Å². The molecule has 0 N–H and O–H groups in total. The van der Waals surface area contributed by atoms with Crippen molar-refractivity contribution >= 4 is 6.09 Å². The first-order valence-electron chi connectivity index (χ1n) is 7.65. The van der Waals surface area contributed by atoms with Gasteiger partial charge in [-0.1, -0.05) is 0 Å². The van der Waals surface area contributed by atoms with Crippen molar-refractivity contribution in [1.29, 1.82) is 0 Å². The first kappa shape index (κ1) is 16.5. The minimum atomic E-state index is -0.456. The predicted octanol–water partition coefficient (Wildman–Crippen LogP) is 2.49. The summed E-state index contributed by atoms with van der Waals surface area (Å²) < 4.78 is 10.8. The van der Waals surface area contributed by atoms with Crippen LogP contribution in [-0.2, 0) is 11.3 Å². The van der Waals surface area contributed by atoms with Crippen molar-refractivity contribution in [1.82, 2.24) is 14.8 Å². The highest BCUT2D eigenvalue weighted by Gasteiger charge is 2.28. The topological polar surface area (TPSA) is 54.9 Å². The fourth-order valence-corrected chi connectivity index (χ4v) is 2.28. The number of carbonyl (C=O) groups is 1. The smallest absolute Gasteiger partial charge is 0.411 e. The molecule has 1 amide bonds. The van der Waals surface area contributed by atoms with Crippen molar-refractivity contribution in [3.63, 3.8) is 0 Å². The number of carbonyl (C=O) groups excluding carboxylic acids is 1.